The van der Waals surface area contributed by atoms with E-state index in [0.29, 0.717) is 17.3 Å². The molecule has 0 unspecified atom stereocenters. The van der Waals surface area contributed by atoms with Gasteiger partial charge in [0.1, 0.15) is 9.79 Å². The van der Waals surface area contributed by atoms with Gasteiger partial charge >= 0.3 is 0 Å². The summed E-state index contributed by atoms with van der Waals surface area (Å²) in [4.78, 5) is -3.17. The van der Waals surface area contributed by atoms with Crippen molar-refractivity contribution in [1.82, 2.24) is 5.43 Å². The summed E-state index contributed by atoms with van der Waals surface area (Å²) >= 11 is 0. The number of hydrogen-bond acceptors (Lipinski definition) is 9. The lowest BCUT2D eigenvalue weighted by molar-refractivity contribution is 0.478. The third kappa shape index (κ3) is 4.21. The number of hydrazine groups is 1. The van der Waals surface area contributed by atoms with Crippen LogP contribution in [0.2, 0.25) is 0 Å². The van der Waals surface area contributed by atoms with E-state index in [1.54, 1.807) is 0 Å². The van der Waals surface area contributed by atoms with E-state index in [0.717, 1.165) is 18.2 Å². The molecule has 0 atom stereocenters. The van der Waals surface area contributed by atoms with Crippen LogP contribution in [0.1, 0.15) is 0 Å². The molecule has 0 fully saturated rings. The molecule has 0 aromatic heterocycles. The Morgan fingerprint density at radius 3 is 1.93 bits per heavy atom. The van der Waals surface area contributed by atoms with E-state index in [1.165, 1.54) is 0 Å². The van der Waals surface area contributed by atoms with Gasteiger partial charge in [-0.15, -0.1) is 5.10 Å². The van der Waals surface area contributed by atoms with Gasteiger partial charge in [-0.1, -0.05) is 0 Å². The van der Waals surface area contributed by atoms with Crippen LogP contribution in [0.15, 0.2) is 50.1 Å². The first kappa shape index (κ1) is 21.1. The molecule has 4 N–H and O–H groups in total. The average Bonchev–Trinajstić information content (AvgIpc) is 2.57. The highest BCUT2D eigenvalue weighted by molar-refractivity contribution is 7.87. The maximum atomic E-state index is 13.4. The fourth-order valence-electron chi connectivity index (χ4n) is 2.48. The standard InChI is InChI=1S/C13H9FN3O9S3/c14-13-1-2-15-17(16-13)7-3-9-10(11(4-7)28(21,22)23)5-8(27(18,19)20)6-12(9)29(24,25)26/h1,3-6,15H,(H,18,19,20)(H,21,22,23)(H,24,25,26). The lowest BCUT2D eigenvalue weighted by Crippen LogP contribution is -2.33. The number of rotatable bonds is 4. The summed E-state index contributed by atoms with van der Waals surface area (Å²) in [5.74, 6) is -1.06. The summed E-state index contributed by atoms with van der Waals surface area (Å²) in [6, 6.07) is 2.59. The van der Waals surface area contributed by atoms with Crippen molar-refractivity contribution < 1.29 is 43.3 Å². The molecular weight excluding hydrogens is 457 g/mol. The number of allylic oxidation sites excluding steroid dienone is 1. The first-order valence-electron chi connectivity index (χ1n) is 7.11. The lowest BCUT2D eigenvalue weighted by Gasteiger charge is -2.22. The van der Waals surface area contributed by atoms with Crippen LogP contribution in [-0.2, 0) is 30.4 Å². The number of nitrogens with one attached hydrogen (secondary N) is 1. The fourth-order valence-corrected chi connectivity index (χ4v) is 4.53. The van der Waals surface area contributed by atoms with E-state index in [1.807, 2.05) is 0 Å². The summed E-state index contributed by atoms with van der Waals surface area (Å²) in [7, 11) is -15.3. The largest absolute Gasteiger partial charge is 0.295 e. The monoisotopic (exact) mass is 466 g/mol. The maximum Gasteiger partial charge on any atom is 0.295 e. The highest BCUT2D eigenvalue weighted by Gasteiger charge is 2.26. The minimum absolute atomic E-state index is 0.328. The SMILES string of the molecule is O=S(=O)(O)c1cc(S(=O)(=O)O)c2cc(N3N=C(F)C=[C]N3)cc(S(=O)(=O)O)c2c1. The quantitative estimate of drug-likeness (QED) is 0.459. The number of halogens is 1. The molecule has 0 amide bonds. The van der Waals surface area contributed by atoms with E-state index in [4.69, 9.17) is 0 Å². The van der Waals surface area contributed by atoms with Crippen LogP contribution < -0.4 is 10.5 Å². The summed E-state index contributed by atoms with van der Waals surface area (Å²) in [6.45, 7) is 0. The predicted octanol–water partition coefficient (Wildman–Crippen LogP) is 0.504. The molecule has 1 aliphatic rings. The Morgan fingerprint density at radius 1 is 0.862 bits per heavy atom. The molecule has 0 spiro atoms. The van der Waals surface area contributed by atoms with Crippen LogP contribution in [0, 0.1) is 6.20 Å². The molecule has 0 aliphatic carbocycles. The Hall–Kier alpha value is -2.63. The number of anilines is 1. The van der Waals surface area contributed by atoms with Gasteiger partial charge in [0.25, 0.3) is 30.4 Å². The summed E-state index contributed by atoms with van der Waals surface area (Å²) < 4.78 is 112. The van der Waals surface area contributed by atoms with Crippen LogP contribution in [0.25, 0.3) is 10.8 Å². The fraction of sp³-hybridized carbons (Fsp3) is 0. The first-order chi connectivity index (χ1) is 13.2. The summed E-state index contributed by atoms with van der Waals surface area (Å²) in [5, 5.41) is 2.75. The zero-order valence-corrected chi connectivity index (χ0v) is 16.1. The smallest absolute Gasteiger partial charge is 0.282 e. The molecule has 2 aromatic rings. The van der Waals surface area contributed by atoms with Gasteiger partial charge in [-0.2, -0.15) is 34.8 Å². The third-order valence-electron chi connectivity index (χ3n) is 3.61. The molecule has 0 saturated carbocycles. The van der Waals surface area contributed by atoms with Gasteiger partial charge in [-0.05, 0) is 24.3 Å². The van der Waals surface area contributed by atoms with Crippen molar-refractivity contribution >= 4 is 52.8 Å². The van der Waals surface area contributed by atoms with Crippen molar-refractivity contribution in [2.45, 2.75) is 14.7 Å². The van der Waals surface area contributed by atoms with E-state index in [2.05, 4.69) is 16.7 Å². The molecule has 1 aliphatic heterocycles. The molecule has 0 bridgehead atoms. The number of hydrogen-bond donors (Lipinski definition) is 4. The van der Waals surface area contributed by atoms with Gasteiger partial charge in [0, 0.05) is 16.8 Å². The van der Waals surface area contributed by atoms with Gasteiger partial charge in [-0.25, -0.2) is 0 Å². The minimum Gasteiger partial charge on any atom is -0.282 e. The third-order valence-corrected chi connectivity index (χ3v) is 6.23. The first-order valence-corrected chi connectivity index (χ1v) is 11.4. The van der Waals surface area contributed by atoms with Crippen LogP contribution in [-0.4, -0.2) is 44.9 Å². The molecular formula is C13H9FN3O9S3. The van der Waals surface area contributed by atoms with Crippen molar-refractivity contribution in [2.24, 2.45) is 5.10 Å². The van der Waals surface area contributed by atoms with Gasteiger partial charge in [0.15, 0.2) is 0 Å². The zero-order chi connectivity index (χ0) is 21.8. The number of nitrogens with zero attached hydrogens (tertiary/aromatic N) is 2. The molecule has 1 heterocycles. The maximum absolute atomic E-state index is 13.4. The lowest BCUT2D eigenvalue weighted by atomic mass is 10.1. The Balaban J connectivity index is 2.51. The van der Waals surface area contributed by atoms with E-state index < -0.39 is 61.8 Å². The topological polar surface area (TPSA) is 191 Å². The molecule has 155 valence electrons. The van der Waals surface area contributed by atoms with Crippen LogP contribution >= 0.6 is 0 Å². The van der Waals surface area contributed by atoms with Crippen molar-refractivity contribution in [3.63, 3.8) is 0 Å². The average molecular weight is 466 g/mol. The van der Waals surface area contributed by atoms with Crippen LogP contribution in [0.3, 0.4) is 0 Å². The van der Waals surface area contributed by atoms with Gasteiger partial charge < -0.3 is 0 Å². The second kappa shape index (κ2) is 6.71. The minimum atomic E-state index is -5.16. The number of fused-ring (bicyclic) bond motifs is 1. The summed E-state index contributed by atoms with van der Waals surface area (Å²) in [5.41, 5.74) is 1.95. The Bertz CT molecular complexity index is 1410. The van der Waals surface area contributed by atoms with Crippen LogP contribution in [0.5, 0.6) is 0 Å². The van der Waals surface area contributed by atoms with E-state index in [9.17, 15) is 43.3 Å². The summed E-state index contributed by atoms with van der Waals surface area (Å²) in [6.07, 6.45) is 3.01. The Labute approximate surface area is 163 Å². The molecule has 2 aromatic carbocycles. The highest BCUT2D eigenvalue weighted by atomic mass is 32.2. The van der Waals surface area contributed by atoms with Gasteiger partial charge in [0.2, 0.25) is 5.97 Å². The van der Waals surface area contributed by atoms with Crippen LogP contribution in [0.4, 0.5) is 10.1 Å². The molecule has 0 saturated heterocycles. The Kier molecular flexibility index (Phi) is 4.88. The predicted molar refractivity (Wildman–Crippen MR) is 95.4 cm³/mol. The molecule has 1 radical (unpaired) electrons. The second-order valence-electron chi connectivity index (χ2n) is 5.52. The van der Waals surface area contributed by atoms with Crippen molar-refractivity contribution in [1.29, 1.82) is 0 Å². The van der Waals surface area contributed by atoms with E-state index in [-0.39, 0.29) is 5.69 Å². The molecule has 3 rings (SSSR count). The van der Waals surface area contributed by atoms with Crippen molar-refractivity contribution in [3.05, 3.63) is 36.5 Å². The second-order valence-corrected chi connectivity index (χ2v) is 9.72. The van der Waals surface area contributed by atoms with Crippen molar-refractivity contribution in [2.75, 3.05) is 5.12 Å². The van der Waals surface area contributed by atoms with Gasteiger partial charge in [-0.3, -0.25) is 19.1 Å². The zero-order valence-electron chi connectivity index (χ0n) is 13.7. The highest BCUT2D eigenvalue weighted by Crippen LogP contribution is 2.35. The van der Waals surface area contributed by atoms with Gasteiger partial charge in [0.05, 0.1) is 16.8 Å². The Morgan fingerprint density at radius 2 is 1.41 bits per heavy atom. The van der Waals surface area contributed by atoms with E-state index >= 15 is 0 Å². The molecule has 29 heavy (non-hydrogen) atoms. The van der Waals surface area contributed by atoms with Crippen molar-refractivity contribution in [3.8, 4) is 0 Å². The number of hydrazone groups is 1. The molecule has 16 heteroatoms. The molecule has 12 nitrogen and oxygen atoms in total. The normalized spacial score (nSPS) is 15.3. The number of benzene rings is 2.